The molecule has 2 amide bonds. The van der Waals surface area contributed by atoms with Crippen molar-refractivity contribution in [3.63, 3.8) is 0 Å². The molecule has 1 saturated heterocycles. The predicted molar refractivity (Wildman–Crippen MR) is 105 cm³/mol. The van der Waals surface area contributed by atoms with Crippen molar-refractivity contribution in [1.82, 2.24) is 9.80 Å². The quantitative estimate of drug-likeness (QED) is 0.844. The highest BCUT2D eigenvalue weighted by molar-refractivity contribution is 6.30. The van der Waals surface area contributed by atoms with Crippen molar-refractivity contribution in [2.45, 2.75) is 25.7 Å². The molecule has 2 atom stereocenters. The molecule has 1 aromatic rings. The molecule has 5 nitrogen and oxygen atoms in total. The number of benzene rings is 1. The van der Waals surface area contributed by atoms with Crippen LogP contribution in [0.1, 0.15) is 24.8 Å². The molecule has 26 heavy (non-hydrogen) atoms. The maximum Gasteiger partial charge on any atom is 0.227 e. The number of nitrogens with zero attached hydrogens (tertiary/aromatic N) is 2. The van der Waals surface area contributed by atoms with Gasteiger partial charge in [0.2, 0.25) is 11.8 Å². The first-order valence-electron chi connectivity index (χ1n) is 9.09. The lowest BCUT2D eigenvalue weighted by Gasteiger charge is -2.36. The second-order valence-corrected chi connectivity index (χ2v) is 7.48. The number of piperazine rings is 1. The summed E-state index contributed by atoms with van der Waals surface area (Å²) in [7, 11) is 0. The molecule has 144 valence electrons. The van der Waals surface area contributed by atoms with E-state index in [4.69, 9.17) is 17.3 Å². The molecule has 1 heterocycles. The van der Waals surface area contributed by atoms with Crippen LogP contribution in [0.3, 0.4) is 0 Å². The van der Waals surface area contributed by atoms with Crippen LogP contribution in [0.15, 0.2) is 24.3 Å². The lowest BCUT2D eigenvalue weighted by atomic mass is 9.94. The van der Waals surface area contributed by atoms with E-state index in [-0.39, 0.29) is 30.1 Å². The molecule has 1 aliphatic heterocycles. The van der Waals surface area contributed by atoms with Crippen LogP contribution in [0.4, 0.5) is 0 Å². The summed E-state index contributed by atoms with van der Waals surface area (Å²) < 4.78 is 0. The van der Waals surface area contributed by atoms with Gasteiger partial charge < -0.3 is 15.5 Å². The maximum absolute atomic E-state index is 12.7. The molecule has 2 fully saturated rings. The largest absolute Gasteiger partial charge is 0.339 e. The lowest BCUT2D eigenvalue weighted by Crippen LogP contribution is -2.52. The van der Waals surface area contributed by atoms with Crippen LogP contribution >= 0.6 is 24.0 Å². The van der Waals surface area contributed by atoms with Crippen molar-refractivity contribution in [3.8, 4) is 0 Å². The van der Waals surface area contributed by atoms with Crippen LogP contribution in [-0.4, -0.2) is 54.3 Å². The third kappa shape index (κ3) is 4.90. The lowest BCUT2D eigenvalue weighted by molar-refractivity contribution is -0.142. The van der Waals surface area contributed by atoms with Crippen LogP contribution < -0.4 is 5.73 Å². The van der Waals surface area contributed by atoms with Gasteiger partial charge in [0.25, 0.3) is 0 Å². The Morgan fingerprint density at radius 3 is 2.46 bits per heavy atom. The monoisotopic (exact) mass is 399 g/mol. The number of nitrogens with two attached hydrogens (primary N) is 1. The fourth-order valence-electron chi connectivity index (χ4n) is 3.99. The van der Waals surface area contributed by atoms with E-state index in [2.05, 4.69) is 0 Å². The molecule has 1 saturated carbocycles. The van der Waals surface area contributed by atoms with Gasteiger partial charge in [0.05, 0.1) is 6.42 Å². The third-order valence-corrected chi connectivity index (χ3v) is 5.70. The first-order valence-corrected chi connectivity index (χ1v) is 9.47. The Balaban J connectivity index is 0.00000243. The molecule has 2 aliphatic rings. The summed E-state index contributed by atoms with van der Waals surface area (Å²) in [6, 6.07) is 7.40. The van der Waals surface area contributed by atoms with Crippen molar-refractivity contribution in [1.29, 1.82) is 0 Å². The average molecular weight is 400 g/mol. The Bertz CT molecular complexity index is 633. The second kappa shape index (κ2) is 9.58. The fourth-order valence-corrected chi connectivity index (χ4v) is 4.20. The highest BCUT2D eigenvalue weighted by Crippen LogP contribution is 2.32. The van der Waals surface area contributed by atoms with Gasteiger partial charge in [-0.1, -0.05) is 30.2 Å². The van der Waals surface area contributed by atoms with E-state index in [1.807, 2.05) is 28.0 Å². The van der Waals surface area contributed by atoms with Crippen LogP contribution in [0.2, 0.25) is 5.02 Å². The van der Waals surface area contributed by atoms with Gasteiger partial charge in [-0.05, 0) is 43.0 Å². The summed E-state index contributed by atoms with van der Waals surface area (Å²) in [5.41, 5.74) is 6.73. The zero-order valence-electron chi connectivity index (χ0n) is 14.9. The summed E-state index contributed by atoms with van der Waals surface area (Å²) in [5.74, 6) is 0.735. The van der Waals surface area contributed by atoms with Crippen LogP contribution in [0, 0.1) is 11.8 Å². The van der Waals surface area contributed by atoms with Crippen molar-refractivity contribution in [2.75, 3.05) is 32.7 Å². The van der Waals surface area contributed by atoms with Gasteiger partial charge >= 0.3 is 0 Å². The van der Waals surface area contributed by atoms with Gasteiger partial charge in [0.15, 0.2) is 0 Å². The molecular weight excluding hydrogens is 373 g/mol. The van der Waals surface area contributed by atoms with Crippen LogP contribution in [-0.2, 0) is 16.0 Å². The van der Waals surface area contributed by atoms with E-state index in [0.717, 1.165) is 24.8 Å². The van der Waals surface area contributed by atoms with Gasteiger partial charge in [-0.25, -0.2) is 0 Å². The van der Waals surface area contributed by atoms with Crippen molar-refractivity contribution in [2.24, 2.45) is 17.6 Å². The molecule has 0 radical (unpaired) electrons. The number of hydrogen-bond acceptors (Lipinski definition) is 3. The summed E-state index contributed by atoms with van der Waals surface area (Å²) in [6.07, 6.45) is 3.46. The molecular formula is C19H27Cl2N3O2. The Kier molecular flexibility index (Phi) is 7.74. The highest BCUT2D eigenvalue weighted by atomic mass is 35.5. The van der Waals surface area contributed by atoms with Crippen molar-refractivity contribution >= 4 is 35.8 Å². The predicted octanol–water partition coefficient (Wildman–Crippen LogP) is 2.35. The Morgan fingerprint density at radius 1 is 1.12 bits per heavy atom. The Morgan fingerprint density at radius 2 is 1.81 bits per heavy atom. The summed E-state index contributed by atoms with van der Waals surface area (Å²) in [4.78, 5) is 29.0. The molecule has 0 spiro atoms. The standard InChI is InChI=1S/C19H26ClN3O2.ClH/c20-16-5-1-3-14(11-16)12-18(24)22-7-9-23(10-8-22)19(25)17-6-2-4-15(17)13-21;/h1,3,5,11,15,17H,2,4,6-10,12-13,21H2;1H/t15-,17-;/m1./s1. The topological polar surface area (TPSA) is 66.6 Å². The number of carbonyl (C=O) groups excluding carboxylic acids is 2. The molecule has 0 aromatic heterocycles. The molecule has 1 aromatic carbocycles. The van der Waals surface area contributed by atoms with Crippen LogP contribution in [0.25, 0.3) is 0 Å². The van der Waals surface area contributed by atoms with E-state index in [9.17, 15) is 9.59 Å². The smallest absolute Gasteiger partial charge is 0.227 e. The molecule has 3 rings (SSSR count). The van der Waals surface area contributed by atoms with Crippen molar-refractivity contribution in [3.05, 3.63) is 34.9 Å². The third-order valence-electron chi connectivity index (χ3n) is 5.47. The second-order valence-electron chi connectivity index (χ2n) is 7.05. The number of carbonyl (C=O) groups is 2. The zero-order chi connectivity index (χ0) is 17.8. The minimum Gasteiger partial charge on any atom is -0.339 e. The molecule has 7 heteroatoms. The SMILES string of the molecule is Cl.NC[C@H]1CCC[C@H]1C(=O)N1CCN(C(=O)Cc2cccc(Cl)c2)CC1. The minimum atomic E-state index is 0. The Labute approximate surface area is 166 Å². The van der Waals surface area contributed by atoms with Gasteiger partial charge in [0.1, 0.15) is 0 Å². The molecule has 1 aliphatic carbocycles. The molecule has 0 unspecified atom stereocenters. The Hall–Kier alpha value is -1.30. The van der Waals surface area contributed by atoms with E-state index >= 15 is 0 Å². The van der Waals surface area contributed by atoms with Crippen LogP contribution in [0.5, 0.6) is 0 Å². The summed E-state index contributed by atoms with van der Waals surface area (Å²) in [5, 5.41) is 0.645. The summed E-state index contributed by atoms with van der Waals surface area (Å²) in [6.45, 7) is 3.03. The van der Waals surface area contributed by atoms with Gasteiger partial charge in [-0.3, -0.25) is 9.59 Å². The van der Waals surface area contributed by atoms with E-state index in [1.54, 1.807) is 6.07 Å². The van der Waals surface area contributed by atoms with E-state index < -0.39 is 0 Å². The maximum atomic E-state index is 12.7. The average Bonchev–Trinajstić information content (AvgIpc) is 3.10. The van der Waals surface area contributed by atoms with Gasteiger partial charge in [-0.15, -0.1) is 12.4 Å². The summed E-state index contributed by atoms with van der Waals surface area (Å²) >= 11 is 5.98. The number of halogens is 2. The molecule has 2 N–H and O–H groups in total. The van der Waals surface area contributed by atoms with Gasteiger partial charge in [-0.2, -0.15) is 0 Å². The number of hydrogen-bond donors (Lipinski definition) is 1. The van der Waals surface area contributed by atoms with Gasteiger partial charge in [0, 0.05) is 37.1 Å². The zero-order valence-corrected chi connectivity index (χ0v) is 16.5. The highest BCUT2D eigenvalue weighted by Gasteiger charge is 2.36. The van der Waals surface area contributed by atoms with E-state index in [1.165, 1.54) is 0 Å². The molecule has 0 bridgehead atoms. The fraction of sp³-hybridized carbons (Fsp3) is 0.579. The van der Waals surface area contributed by atoms with Crippen molar-refractivity contribution < 1.29 is 9.59 Å². The number of rotatable bonds is 4. The first kappa shape index (κ1) is 21.0. The number of amides is 2. The van der Waals surface area contributed by atoms with E-state index in [0.29, 0.717) is 50.1 Å². The first-order chi connectivity index (χ1) is 12.1. The normalized spacial score (nSPS) is 22.8. The minimum absolute atomic E-state index is 0.